The zero-order valence-electron chi connectivity index (χ0n) is 11.4. The number of nitrogens with two attached hydrogens (primary N) is 1. The summed E-state index contributed by atoms with van der Waals surface area (Å²) < 4.78 is 22.9. The molecule has 0 aromatic heterocycles. The second-order valence-electron chi connectivity index (χ2n) is 5.85. The maximum Gasteiger partial charge on any atom is 0.150 e. The summed E-state index contributed by atoms with van der Waals surface area (Å²) in [6.07, 6.45) is 4.96. The third-order valence-electron chi connectivity index (χ3n) is 4.38. The van der Waals surface area contributed by atoms with Crippen molar-refractivity contribution in [2.75, 3.05) is 11.5 Å². The van der Waals surface area contributed by atoms with E-state index >= 15 is 0 Å². The lowest BCUT2D eigenvalue weighted by Gasteiger charge is -2.42. The summed E-state index contributed by atoms with van der Waals surface area (Å²) in [4.78, 5) is 0. The Bertz CT molecular complexity index is 339. The summed E-state index contributed by atoms with van der Waals surface area (Å²) in [5.41, 5.74) is 6.31. The highest BCUT2D eigenvalue weighted by molar-refractivity contribution is 7.91. The van der Waals surface area contributed by atoms with E-state index < -0.39 is 9.84 Å². The van der Waals surface area contributed by atoms with Crippen LogP contribution in [0.15, 0.2) is 0 Å². The van der Waals surface area contributed by atoms with Crippen molar-refractivity contribution in [3.8, 4) is 0 Å². The van der Waals surface area contributed by atoms with Crippen LogP contribution in [0.2, 0.25) is 0 Å². The fourth-order valence-corrected chi connectivity index (χ4v) is 3.73. The maximum absolute atomic E-state index is 11.4. The molecule has 2 N–H and O–H groups in total. The summed E-state index contributed by atoms with van der Waals surface area (Å²) in [6.45, 7) is 6.19. The molecule has 17 heavy (non-hydrogen) atoms. The first-order valence-corrected chi connectivity index (χ1v) is 8.60. The molecule has 0 amide bonds. The molecule has 0 aromatic rings. The van der Waals surface area contributed by atoms with Crippen LogP contribution in [0.25, 0.3) is 0 Å². The van der Waals surface area contributed by atoms with E-state index in [2.05, 4.69) is 13.8 Å². The SMILES string of the molecule is CCS(=O)(=O)CCCC1(N)CCC(C)CC1C. The molecule has 1 rings (SSSR count). The van der Waals surface area contributed by atoms with E-state index in [1.165, 1.54) is 12.8 Å². The zero-order valence-corrected chi connectivity index (χ0v) is 12.2. The van der Waals surface area contributed by atoms with Gasteiger partial charge in [0.1, 0.15) is 9.84 Å². The van der Waals surface area contributed by atoms with E-state index in [9.17, 15) is 8.42 Å². The minimum atomic E-state index is -2.83. The molecule has 3 nitrogen and oxygen atoms in total. The van der Waals surface area contributed by atoms with Gasteiger partial charge in [-0.25, -0.2) is 8.42 Å². The summed E-state index contributed by atoms with van der Waals surface area (Å²) in [6, 6.07) is 0. The first-order valence-electron chi connectivity index (χ1n) is 6.78. The van der Waals surface area contributed by atoms with Crippen LogP contribution >= 0.6 is 0 Å². The van der Waals surface area contributed by atoms with Gasteiger partial charge in [0, 0.05) is 11.3 Å². The molecule has 0 aromatic carbocycles. The third kappa shape index (κ3) is 4.25. The quantitative estimate of drug-likeness (QED) is 0.826. The van der Waals surface area contributed by atoms with Gasteiger partial charge < -0.3 is 5.73 Å². The Morgan fingerprint density at radius 1 is 1.35 bits per heavy atom. The average Bonchev–Trinajstić information content (AvgIpc) is 2.24. The van der Waals surface area contributed by atoms with E-state index in [4.69, 9.17) is 5.73 Å². The van der Waals surface area contributed by atoms with Crippen molar-refractivity contribution in [1.29, 1.82) is 0 Å². The Balaban J connectivity index is 2.45. The average molecular weight is 261 g/mol. The standard InChI is InChI=1S/C13H27NO2S/c1-4-17(15,16)9-5-7-13(14)8-6-11(2)10-12(13)3/h11-12H,4-10,14H2,1-3H3. The van der Waals surface area contributed by atoms with Crippen molar-refractivity contribution in [1.82, 2.24) is 0 Å². The Morgan fingerprint density at radius 2 is 2.00 bits per heavy atom. The lowest BCUT2D eigenvalue weighted by Crippen LogP contribution is -2.49. The smallest absolute Gasteiger partial charge is 0.150 e. The van der Waals surface area contributed by atoms with E-state index in [0.717, 1.165) is 18.8 Å². The van der Waals surface area contributed by atoms with Crippen molar-refractivity contribution in [2.45, 2.75) is 58.4 Å². The normalized spacial score (nSPS) is 34.8. The van der Waals surface area contributed by atoms with Gasteiger partial charge in [0.25, 0.3) is 0 Å². The predicted molar refractivity (Wildman–Crippen MR) is 72.7 cm³/mol. The minimum Gasteiger partial charge on any atom is -0.325 e. The molecule has 0 radical (unpaired) electrons. The van der Waals surface area contributed by atoms with Crippen molar-refractivity contribution in [3.05, 3.63) is 0 Å². The van der Waals surface area contributed by atoms with Crippen LogP contribution in [0, 0.1) is 11.8 Å². The highest BCUT2D eigenvalue weighted by atomic mass is 32.2. The Morgan fingerprint density at radius 3 is 2.53 bits per heavy atom. The van der Waals surface area contributed by atoms with Gasteiger partial charge in [0.05, 0.1) is 5.75 Å². The molecule has 1 fully saturated rings. The molecular formula is C13H27NO2S. The molecule has 0 heterocycles. The minimum absolute atomic E-state index is 0.129. The first kappa shape index (κ1) is 15.0. The molecule has 1 aliphatic rings. The molecule has 0 aliphatic heterocycles. The van der Waals surface area contributed by atoms with E-state index in [1.807, 2.05) is 0 Å². The summed E-state index contributed by atoms with van der Waals surface area (Å²) in [5.74, 6) is 1.82. The molecular weight excluding hydrogens is 234 g/mol. The zero-order chi connectivity index (χ0) is 13.1. The van der Waals surface area contributed by atoms with Crippen LogP contribution < -0.4 is 5.73 Å². The topological polar surface area (TPSA) is 60.2 Å². The Kier molecular flexibility index (Phi) is 5.02. The molecule has 3 unspecified atom stereocenters. The molecule has 4 heteroatoms. The number of hydrogen-bond donors (Lipinski definition) is 1. The number of hydrogen-bond acceptors (Lipinski definition) is 3. The monoisotopic (exact) mass is 261 g/mol. The van der Waals surface area contributed by atoms with Gasteiger partial charge in [-0.2, -0.15) is 0 Å². The largest absolute Gasteiger partial charge is 0.325 e. The Labute approximate surface area is 106 Å². The van der Waals surface area contributed by atoms with E-state index in [-0.39, 0.29) is 11.3 Å². The van der Waals surface area contributed by atoms with Crippen molar-refractivity contribution < 1.29 is 8.42 Å². The summed E-state index contributed by atoms with van der Waals surface area (Å²) >= 11 is 0. The second-order valence-corrected chi connectivity index (χ2v) is 8.33. The summed E-state index contributed by atoms with van der Waals surface area (Å²) in [7, 11) is -2.83. The summed E-state index contributed by atoms with van der Waals surface area (Å²) in [5, 5.41) is 0. The maximum atomic E-state index is 11.4. The predicted octanol–water partition coefficient (Wildman–Crippen LogP) is 2.35. The van der Waals surface area contributed by atoms with Crippen molar-refractivity contribution in [3.63, 3.8) is 0 Å². The highest BCUT2D eigenvalue weighted by Crippen LogP contribution is 2.37. The van der Waals surface area contributed by atoms with Crippen LogP contribution in [0.4, 0.5) is 0 Å². The van der Waals surface area contributed by atoms with Gasteiger partial charge in [0.2, 0.25) is 0 Å². The van der Waals surface area contributed by atoms with Gasteiger partial charge in [-0.15, -0.1) is 0 Å². The van der Waals surface area contributed by atoms with Gasteiger partial charge in [-0.3, -0.25) is 0 Å². The van der Waals surface area contributed by atoms with Crippen LogP contribution in [0.3, 0.4) is 0 Å². The van der Waals surface area contributed by atoms with Crippen molar-refractivity contribution >= 4 is 9.84 Å². The van der Waals surface area contributed by atoms with E-state index in [1.54, 1.807) is 6.92 Å². The van der Waals surface area contributed by atoms with Crippen LogP contribution in [0.1, 0.15) is 52.9 Å². The van der Waals surface area contributed by atoms with E-state index in [0.29, 0.717) is 18.1 Å². The van der Waals surface area contributed by atoms with Crippen LogP contribution in [-0.2, 0) is 9.84 Å². The van der Waals surface area contributed by atoms with Crippen LogP contribution in [-0.4, -0.2) is 25.5 Å². The number of rotatable bonds is 5. The molecule has 3 atom stereocenters. The van der Waals surface area contributed by atoms with Crippen LogP contribution in [0.5, 0.6) is 0 Å². The number of sulfone groups is 1. The fraction of sp³-hybridized carbons (Fsp3) is 1.00. The highest BCUT2D eigenvalue weighted by Gasteiger charge is 2.36. The molecule has 0 bridgehead atoms. The van der Waals surface area contributed by atoms with Crippen molar-refractivity contribution in [2.24, 2.45) is 17.6 Å². The first-order chi connectivity index (χ1) is 7.79. The van der Waals surface area contributed by atoms with Gasteiger partial charge in [-0.05, 0) is 43.9 Å². The fourth-order valence-electron chi connectivity index (χ4n) is 2.85. The molecule has 102 valence electrons. The third-order valence-corrected chi connectivity index (χ3v) is 6.17. The molecule has 0 spiro atoms. The molecule has 1 aliphatic carbocycles. The lowest BCUT2D eigenvalue weighted by atomic mass is 9.69. The van der Waals surface area contributed by atoms with Gasteiger partial charge in [-0.1, -0.05) is 20.8 Å². The second kappa shape index (κ2) is 5.70. The molecule has 1 saturated carbocycles. The molecule has 0 saturated heterocycles. The van der Waals surface area contributed by atoms with Gasteiger partial charge in [0.15, 0.2) is 0 Å². The van der Waals surface area contributed by atoms with Gasteiger partial charge >= 0.3 is 0 Å². The Hall–Kier alpha value is -0.0900. The lowest BCUT2D eigenvalue weighted by molar-refractivity contribution is 0.153.